The number of aromatic amines is 1. The SMILES string of the molecule is CC(C)(C)[Si](C)(C)OC[C@H]1O[C@@H](n2ccc(=O)[nH]c2=O)[C@@H](O[Si](C)(C)C(C)(C)C)[C@@H]1O[Si](C)(C)C(C)(C)C. The highest BCUT2D eigenvalue weighted by atomic mass is 28.4. The Morgan fingerprint density at radius 3 is 1.66 bits per heavy atom. The Labute approximate surface area is 233 Å². The molecule has 1 aromatic rings. The molecule has 0 radical (unpaired) electrons. The molecular formula is C27H54N2O6Si3. The van der Waals surface area contributed by atoms with Crippen molar-refractivity contribution in [2.45, 2.75) is 141 Å². The molecule has 8 nitrogen and oxygen atoms in total. The molecule has 0 unspecified atom stereocenters. The van der Waals surface area contributed by atoms with E-state index in [4.69, 9.17) is 18.0 Å². The summed E-state index contributed by atoms with van der Waals surface area (Å²) in [4.78, 5) is 27.2. The summed E-state index contributed by atoms with van der Waals surface area (Å²) >= 11 is 0. The quantitative estimate of drug-likeness (QED) is 0.363. The molecule has 0 aromatic carbocycles. The van der Waals surface area contributed by atoms with E-state index < -0.39 is 60.7 Å². The lowest BCUT2D eigenvalue weighted by Crippen LogP contribution is -2.54. The first-order chi connectivity index (χ1) is 16.8. The number of rotatable bonds is 8. The van der Waals surface area contributed by atoms with Gasteiger partial charge >= 0.3 is 5.69 Å². The fraction of sp³-hybridized carbons (Fsp3) is 0.852. The summed E-state index contributed by atoms with van der Waals surface area (Å²) in [6.07, 6.45) is -0.665. The average molecular weight is 587 g/mol. The third kappa shape index (κ3) is 7.27. The maximum atomic E-state index is 13.0. The largest absolute Gasteiger partial charge is 0.414 e. The summed E-state index contributed by atoms with van der Waals surface area (Å²) in [6, 6.07) is 1.34. The maximum Gasteiger partial charge on any atom is 0.330 e. The van der Waals surface area contributed by atoms with Gasteiger partial charge in [-0.05, 0) is 54.4 Å². The molecule has 1 N–H and O–H groups in total. The van der Waals surface area contributed by atoms with Crippen LogP contribution in [0.25, 0.3) is 0 Å². The van der Waals surface area contributed by atoms with Crippen LogP contribution in [0.2, 0.25) is 54.4 Å². The van der Waals surface area contributed by atoms with Crippen LogP contribution in [0.5, 0.6) is 0 Å². The van der Waals surface area contributed by atoms with E-state index in [1.54, 1.807) is 0 Å². The van der Waals surface area contributed by atoms with Crippen LogP contribution >= 0.6 is 0 Å². The van der Waals surface area contributed by atoms with Crippen LogP contribution in [0.1, 0.15) is 68.5 Å². The van der Waals surface area contributed by atoms with Crippen LogP contribution < -0.4 is 11.2 Å². The smallest absolute Gasteiger partial charge is 0.330 e. The Balaban J connectivity index is 2.65. The molecule has 1 fully saturated rings. The predicted octanol–water partition coefficient (Wildman–Crippen LogP) is 6.24. The first kappa shape index (κ1) is 33.4. The van der Waals surface area contributed by atoms with Crippen molar-refractivity contribution in [2.75, 3.05) is 6.61 Å². The fourth-order valence-electron chi connectivity index (χ4n) is 3.50. The van der Waals surface area contributed by atoms with Gasteiger partial charge in [0.05, 0.1) is 6.61 Å². The number of ether oxygens (including phenoxy) is 1. The topological polar surface area (TPSA) is 91.8 Å². The van der Waals surface area contributed by atoms with Crippen LogP contribution in [0.15, 0.2) is 21.9 Å². The molecule has 38 heavy (non-hydrogen) atoms. The van der Waals surface area contributed by atoms with Gasteiger partial charge in [0.2, 0.25) is 0 Å². The number of aromatic nitrogens is 2. The van der Waals surface area contributed by atoms with Crippen molar-refractivity contribution in [1.82, 2.24) is 9.55 Å². The van der Waals surface area contributed by atoms with Gasteiger partial charge in [-0.2, -0.15) is 0 Å². The second-order valence-corrected chi connectivity index (χ2v) is 29.7. The van der Waals surface area contributed by atoms with Gasteiger partial charge in [-0.15, -0.1) is 0 Å². The lowest BCUT2D eigenvalue weighted by Gasteiger charge is -2.44. The van der Waals surface area contributed by atoms with E-state index in [9.17, 15) is 9.59 Å². The number of nitrogens with one attached hydrogen (secondary N) is 1. The number of H-pyrrole nitrogens is 1. The minimum Gasteiger partial charge on any atom is -0.414 e. The van der Waals surface area contributed by atoms with E-state index in [0.29, 0.717) is 6.61 Å². The standard InChI is InChI=1S/C27H54N2O6Si3/c1-25(2,3)36(10,11)32-18-19-21(34-37(12,13)26(4,5)6)22(35-38(14,15)27(7,8)9)23(33-19)29-17-16-20(30)28-24(29)31/h16-17,19,21-23H,18H2,1-15H3,(H,28,30,31)/t19-,21-,22+,23-/m1/s1. The fourth-order valence-corrected chi connectivity index (χ4v) is 7.12. The van der Waals surface area contributed by atoms with Crippen LogP contribution in [0.4, 0.5) is 0 Å². The zero-order valence-corrected chi connectivity index (χ0v) is 29.6. The summed E-state index contributed by atoms with van der Waals surface area (Å²) in [5, 5.41) is -0.0648. The highest BCUT2D eigenvalue weighted by Crippen LogP contribution is 2.46. The van der Waals surface area contributed by atoms with Gasteiger partial charge in [0, 0.05) is 12.3 Å². The first-order valence-corrected chi connectivity index (χ1v) is 22.5. The van der Waals surface area contributed by atoms with Crippen LogP contribution in [-0.4, -0.2) is 59.4 Å². The Morgan fingerprint density at radius 1 is 0.789 bits per heavy atom. The molecule has 1 saturated heterocycles. The molecule has 11 heteroatoms. The van der Waals surface area contributed by atoms with E-state index in [-0.39, 0.29) is 15.1 Å². The van der Waals surface area contributed by atoms with E-state index in [0.717, 1.165) is 0 Å². The summed E-state index contributed by atoms with van der Waals surface area (Å²) in [7, 11) is -6.68. The Hall–Kier alpha value is -0.829. The van der Waals surface area contributed by atoms with Gasteiger partial charge in [-0.3, -0.25) is 14.3 Å². The minimum absolute atomic E-state index is 0.0354. The lowest BCUT2D eigenvalue weighted by atomic mass is 10.1. The van der Waals surface area contributed by atoms with E-state index >= 15 is 0 Å². The lowest BCUT2D eigenvalue weighted by molar-refractivity contribution is -0.0510. The van der Waals surface area contributed by atoms with E-state index in [1.807, 2.05) is 0 Å². The second-order valence-electron chi connectivity index (χ2n) is 15.3. The normalized spacial score (nSPS) is 24.2. The van der Waals surface area contributed by atoms with Gasteiger partial charge < -0.3 is 18.0 Å². The summed E-state index contributed by atoms with van der Waals surface area (Å²) in [5.74, 6) is 0. The second kappa shape index (κ2) is 10.9. The van der Waals surface area contributed by atoms with Crippen molar-refractivity contribution in [3.63, 3.8) is 0 Å². The molecule has 0 saturated carbocycles. The zero-order valence-electron chi connectivity index (χ0n) is 26.6. The van der Waals surface area contributed by atoms with Crippen molar-refractivity contribution in [2.24, 2.45) is 0 Å². The van der Waals surface area contributed by atoms with Crippen LogP contribution in [-0.2, 0) is 18.0 Å². The molecule has 1 aliphatic rings. The van der Waals surface area contributed by atoms with Gasteiger partial charge in [0.1, 0.15) is 18.3 Å². The third-order valence-corrected chi connectivity index (χ3v) is 22.7. The molecule has 1 aromatic heterocycles. The molecule has 0 amide bonds. The average Bonchev–Trinajstić information content (AvgIpc) is 3.00. The van der Waals surface area contributed by atoms with Crippen LogP contribution in [0.3, 0.4) is 0 Å². The first-order valence-electron chi connectivity index (χ1n) is 13.8. The zero-order chi connectivity index (χ0) is 29.7. The van der Waals surface area contributed by atoms with E-state index in [1.165, 1.54) is 16.8 Å². The summed E-state index contributed by atoms with van der Waals surface area (Å²) in [6.45, 7) is 33.5. The molecule has 0 spiro atoms. The highest BCUT2D eigenvalue weighted by molar-refractivity contribution is 6.75. The minimum atomic E-state index is -2.32. The highest BCUT2D eigenvalue weighted by Gasteiger charge is 2.55. The molecular weight excluding hydrogens is 533 g/mol. The van der Waals surface area contributed by atoms with Crippen molar-refractivity contribution >= 4 is 25.0 Å². The van der Waals surface area contributed by atoms with Gasteiger partial charge in [0.25, 0.3) is 5.56 Å². The van der Waals surface area contributed by atoms with Crippen molar-refractivity contribution < 1.29 is 18.0 Å². The number of hydrogen-bond acceptors (Lipinski definition) is 6. The monoisotopic (exact) mass is 586 g/mol. The maximum absolute atomic E-state index is 13.0. The Kier molecular flexibility index (Phi) is 9.54. The van der Waals surface area contributed by atoms with Crippen molar-refractivity contribution in [3.8, 4) is 0 Å². The third-order valence-electron chi connectivity index (χ3n) is 9.30. The molecule has 0 bridgehead atoms. The van der Waals surface area contributed by atoms with E-state index in [2.05, 4.69) is 107 Å². The number of hydrogen-bond donors (Lipinski definition) is 1. The molecule has 0 aliphatic carbocycles. The predicted molar refractivity (Wildman–Crippen MR) is 163 cm³/mol. The van der Waals surface area contributed by atoms with Gasteiger partial charge in [0.15, 0.2) is 31.2 Å². The van der Waals surface area contributed by atoms with Crippen molar-refractivity contribution in [1.29, 1.82) is 0 Å². The summed E-state index contributed by atoms with van der Waals surface area (Å²) in [5.41, 5.74) is -0.971. The molecule has 220 valence electrons. The molecule has 4 atom stereocenters. The van der Waals surface area contributed by atoms with Gasteiger partial charge in [-0.25, -0.2) is 4.79 Å². The van der Waals surface area contributed by atoms with Crippen molar-refractivity contribution in [3.05, 3.63) is 33.1 Å². The Morgan fingerprint density at radius 2 is 1.24 bits per heavy atom. The molecule has 1 aliphatic heterocycles. The number of nitrogens with zero attached hydrogens (tertiary/aromatic N) is 1. The Bertz CT molecular complexity index is 1080. The molecule has 2 rings (SSSR count). The van der Waals surface area contributed by atoms with Gasteiger partial charge in [-0.1, -0.05) is 62.3 Å². The summed E-state index contributed by atoms with van der Waals surface area (Å²) < 4.78 is 28.8. The van der Waals surface area contributed by atoms with Crippen LogP contribution in [0, 0.1) is 0 Å². The molecule has 2 heterocycles.